The smallest absolute Gasteiger partial charge is 0.189 e. The van der Waals surface area contributed by atoms with E-state index in [2.05, 4.69) is 33.8 Å². The Hall–Kier alpha value is -0.470. The Kier molecular flexibility index (Phi) is 11.0. The lowest BCUT2D eigenvalue weighted by atomic mass is 9.85. The summed E-state index contributed by atoms with van der Waals surface area (Å²) >= 11 is 0. The van der Waals surface area contributed by atoms with Crippen molar-refractivity contribution in [2.24, 2.45) is 11.8 Å². The van der Waals surface area contributed by atoms with Crippen LogP contribution in [0.1, 0.15) is 90.2 Å². The van der Waals surface area contributed by atoms with Gasteiger partial charge in [-0.05, 0) is 36.3 Å². The molecule has 26 heavy (non-hydrogen) atoms. The predicted octanol–water partition coefficient (Wildman–Crippen LogP) is 5.57. The number of hydrogen-bond acceptors (Lipinski definition) is 3. The molecule has 4 heteroatoms. The minimum atomic E-state index is -4.00. The minimum absolute atomic E-state index is 0.371. The fraction of sp³-hybridized carbons (Fsp3) is 0.727. The first-order valence-electron chi connectivity index (χ1n) is 10.6. The highest BCUT2D eigenvalue weighted by Crippen LogP contribution is 2.45. The lowest BCUT2D eigenvalue weighted by Gasteiger charge is -2.22. The van der Waals surface area contributed by atoms with Crippen molar-refractivity contribution in [1.82, 2.24) is 0 Å². The van der Waals surface area contributed by atoms with E-state index in [1.54, 1.807) is 6.07 Å². The number of rotatable bonds is 13. The fourth-order valence-corrected chi connectivity index (χ4v) is 4.70. The van der Waals surface area contributed by atoms with E-state index in [0.29, 0.717) is 17.1 Å². The molecule has 0 aliphatic carbocycles. The van der Waals surface area contributed by atoms with Gasteiger partial charge in [0.1, 0.15) is 0 Å². The largest absolute Gasteiger partial charge is 0.441 e. The first kappa shape index (κ1) is 23.6. The van der Waals surface area contributed by atoms with Crippen LogP contribution in [0.4, 0.5) is 0 Å². The molecule has 1 rings (SSSR count). The van der Waals surface area contributed by atoms with Crippen molar-refractivity contribution in [2.45, 2.75) is 91.9 Å². The van der Waals surface area contributed by atoms with Gasteiger partial charge in [0.15, 0.2) is 5.30 Å². The zero-order chi connectivity index (χ0) is 19.6. The Bertz CT molecular complexity index is 511. The number of unbranched alkanes of at least 4 members (excludes halogenated alkanes) is 2. The van der Waals surface area contributed by atoms with E-state index < -0.39 is 7.94 Å². The molecular formula is C22H40O3P+. The molecule has 3 N–H and O–H groups in total. The summed E-state index contributed by atoms with van der Waals surface area (Å²) in [7, 11) is -4.00. The van der Waals surface area contributed by atoms with Crippen molar-refractivity contribution < 1.29 is 14.7 Å². The second kappa shape index (κ2) is 12.1. The van der Waals surface area contributed by atoms with Gasteiger partial charge in [0.05, 0.1) is 0 Å². The lowest BCUT2D eigenvalue weighted by molar-refractivity contribution is 0.346. The molecule has 2 atom stereocenters. The third kappa shape index (κ3) is 7.64. The van der Waals surface area contributed by atoms with Gasteiger partial charge in [-0.15, -0.1) is 0 Å². The van der Waals surface area contributed by atoms with Gasteiger partial charge in [-0.2, -0.15) is 14.7 Å². The van der Waals surface area contributed by atoms with E-state index in [1.807, 2.05) is 6.07 Å². The average Bonchev–Trinajstić information content (AvgIpc) is 2.61. The molecule has 2 unspecified atom stereocenters. The molecule has 0 spiro atoms. The highest BCUT2D eigenvalue weighted by Gasteiger charge is 2.38. The van der Waals surface area contributed by atoms with Crippen LogP contribution in [0, 0.1) is 11.8 Å². The second-order valence-corrected chi connectivity index (χ2v) is 9.34. The van der Waals surface area contributed by atoms with E-state index in [4.69, 9.17) is 0 Å². The standard InChI is InChI=1S/C22H40O3P/c1-5-9-12-18(7-3)16-20-14-11-15-22(26(23,24)25)21(20)17-19(8-4)13-10-6-2/h11,14-15,18-19,23-25H,5-10,12-13,16-17H2,1-4H3/q+1. The topological polar surface area (TPSA) is 60.7 Å². The molecule has 0 aromatic heterocycles. The van der Waals surface area contributed by atoms with Gasteiger partial charge in [-0.1, -0.05) is 91.2 Å². The summed E-state index contributed by atoms with van der Waals surface area (Å²) in [5.74, 6) is 1.14. The Balaban J connectivity index is 3.15. The summed E-state index contributed by atoms with van der Waals surface area (Å²) in [5.41, 5.74) is 2.19. The molecule has 0 aliphatic rings. The van der Waals surface area contributed by atoms with Gasteiger partial charge in [0.2, 0.25) is 0 Å². The van der Waals surface area contributed by atoms with Crippen molar-refractivity contribution in [3.05, 3.63) is 29.3 Å². The summed E-state index contributed by atoms with van der Waals surface area (Å²) in [6.07, 6.45) is 11.2. The summed E-state index contributed by atoms with van der Waals surface area (Å²) in [4.78, 5) is 30.0. The van der Waals surface area contributed by atoms with E-state index in [1.165, 1.54) is 37.7 Å². The average molecular weight is 384 g/mol. The van der Waals surface area contributed by atoms with Gasteiger partial charge in [0.25, 0.3) is 0 Å². The molecule has 0 heterocycles. The summed E-state index contributed by atoms with van der Waals surface area (Å²) in [5, 5.41) is 0.371. The maximum Gasteiger partial charge on any atom is 0.441 e. The second-order valence-electron chi connectivity index (χ2n) is 7.72. The monoisotopic (exact) mass is 383 g/mol. The van der Waals surface area contributed by atoms with Crippen molar-refractivity contribution in [1.29, 1.82) is 0 Å². The maximum absolute atomic E-state index is 10.0. The highest BCUT2D eigenvalue weighted by molar-refractivity contribution is 7.66. The van der Waals surface area contributed by atoms with E-state index in [0.717, 1.165) is 37.7 Å². The van der Waals surface area contributed by atoms with Crippen LogP contribution in [-0.4, -0.2) is 14.7 Å². The minimum Gasteiger partial charge on any atom is -0.189 e. The molecule has 0 fully saturated rings. The van der Waals surface area contributed by atoms with Crippen molar-refractivity contribution >= 4 is 13.2 Å². The van der Waals surface area contributed by atoms with Crippen LogP contribution in [0.25, 0.3) is 0 Å². The van der Waals surface area contributed by atoms with Gasteiger partial charge in [-0.25, -0.2) is 0 Å². The quantitative estimate of drug-likeness (QED) is 0.390. The first-order chi connectivity index (χ1) is 12.4. The summed E-state index contributed by atoms with van der Waals surface area (Å²) in [6, 6.07) is 5.69. The molecular weight excluding hydrogens is 343 g/mol. The van der Waals surface area contributed by atoms with Crippen LogP contribution in [0.15, 0.2) is 18.2 Å². The molecule has 0 saturated carbocycles. The summed E-state index contributed by atoms with van der Waals surface area (Å²) < 4.78 is 0. The van der Waals surface area contributed by atoms with Crippen molar-refractivity contribution in [3.63, 3.8) is 0 Å². The Labute approximate surface area is 161 Å². The molecule has 0 aliphatic heterocycles. The van der Waals surface area contributed by atoms with Crippen molar-refractivity contribution in [3.8, 4) is 0 Å². The van der Waals surface area contributed by atoms with Gasteiger partial charge >= 0.3 is 7.94 Å². The number of benzene rings is 1. The van der Waals surface area contributed by atoms with E-state index >= 15 is 0 Å². The van der Waals surface area contributed by atoms with Gasteiger partial charge in [-0.3, -0.25) is 0 Å². The number of hydrogen-bond donors (Lipinski definition) is 3. The zero-order valence-corrected chi connectivity index (χ0v) is 18.1. The molecule has 1 aromatic rings. The predicted molar refractivity (Wildman–Crippen MR) is 114 cm³/mol. The van der Waals surface area contributed by atoms with Crippen LogP contribution in [-0.2, 0) is 12.8 Å². The molecule has 0 radical (unpaired) electrons. The Morgan fingerprint density at radius 1 is 0.808 bits per heavy atom. The maximum atomic E-state index is 10.0. The molecule has 150 valence electrons. The summed E-state index contributed by atoms with van der Waals surface area (Å²) in [6.45, 7) is 8.87. The van der Waals surface area contributed by atoms with E-state index in [9.17, 15) is 14.7 Å². The normalized spacial score (nSPS) is 14.4. The first-order valence-corrected chi connectivity index (χ1v) is 12.2. The highest BCUT2D eigenvalue weighted by atomic mass is 31.2. The molecule has 0 saturated heterocycles. The molecule has 0 bridgehead atoms. The SMILES string of the molecule is CCCCC(CC)Cc1cccc([P+](O)(O)O)c1CC(CC)CCCC. The van der Waals surface area contributed by atoms with Crippen LogP contribution in [0.5, 0.6) is 0 Å². The van der Waals surface area contributed by atoms with Crippen LogP contribution >= 0.6 is 7.94 Å². The fourth-order valence-electron chi connectivity index (χ4n) is 3.82. The van der Waals surface area contributed by atoms with Crippen LogP contribution in [0.3, 0.4) is 0 Å². The third-order valence-corrected chi connectivity index (χ3v) is 6.72. The molecule has 1 aromatic carbocycles. The Morgan fingerprint density at radius 3 is 1.81 bits per heavy atom. The van der Waals surface area contributed by atoms with Gasteiger partial charge in [0, 0.05) is 5.56 Å². The molecule has 0 amide bonds. The third-order valence-electron chi connectivity index (χ3n) is 5.66. The van der Waals surface area contributed by atoms with Gasteiger partial charge < -0.3 is 0 Å². The molecule has 3 nitrogen and oxygen atoms in total. The van der Waals surface area contributed by atoms with Crippen molar-refractivity contribution in [2.75, 3.05) is 0 Å². The zero-order valence-electron chi connectivity index (χ0n) is 17.2. The van der Waals surface area contributed by atoms with E-state index in [-0.39, 0.29) is 0 Å². The lowest BCUT2D eigenvalue weighted by Crippen LogP contribution is -2.21. The van der Waals surface area contributed by atoms with Crippen LogP contribution < -0.4 is 5.30 Å². The van der Waals surface area contributed by atoms with Crippen LogP contribution in [0.2, 0.25) is 0 Å². The Morgan fingerprint density at radius 2 is 1.35 bits per heavy atom.